The fraction of sp³-hybridized carbons (Fsp3) is 0.636. The van der Waals surface area contributed by atoms with Gasteiger partial charge in [0.15, 0.2) is 25.3 Å². The fourth-order valence-corrected chi connectivity index (χ4v) is 4.19. The molecule has 3 heterocycles. The molecule has 0 spiro atoms. The van der Waals surface area contributed by atoms with E-state index >= 15 is 0 Å². The van der Waals surface area contributed by atoms with Crippen molar-refractivity contribution in [2.24, 2.45) is 4.99 Å². The lowest BCUT2D eigenvalue weighted by Crippen LogP contribution is -2.44. The SMILES string of the molecule is C#CCOC1C[C@H](n2cnc3c(N=CN(C)C)ncnc32)O[C@@H]1CO[Si](C)(C)C(C)(C)C. The predicted molar refractivity (Wildman–Crippen MR) is 127 cm³/mol. The molecule has 10 heteroatoms. The van der Waals surface area contributed by atoms with Gasteiger partial charge in [-0.2, -0.15) is 0 Å². The minimum absolute atomic E-state index is 0.112. The van der Waals surface area contributed by atoms with Gasteiger partial charge >= 0.3 is 0 Å². The van der Waals surface area contributed by atoms with E-state index in [4.69, 9.17) is 20.3 Å². The van der Waals surface area contributed by atoms with E-state index in [1.807, 2.05) is 23.6 Å². The van der Waals surface area contributed by atoms with Gasteiger partial charge in [0.05, 0.1) is 25.4 Å². The first-order valence-electron chi connectivity index (χ1n) is 10.8. The zero-order valence-corrected chi connectivity index (χ0v) is 21.1. The molecule has 0 radical (unpaired) electrons. The van der Waals surface area contributed by atoms with E-state index in [9.17, 15) is 0 Å². The quantitative estimate of drug-likeness (QED) is 0.259. The second-order valence-electron chi connectivity index (χ2n) is 9.72. The van der Waals surface area contributed by atoms with Gasteiger partial charge in [-0.1, -0.05) is 26.7 Å². The highest BCUT2D eigenvalue weighted by Crippen LogP contribution is 2.38. The number of imidazole rings is 1. The number of hydrogen-bond acceptors (Lipinski definition) is 7. The molecule has 1 fully saturated rings. The number of aromatic nitrogens is 4. The number of ether oxygens (including phenoxy) is 2. The van der Waals surface area contributed by atoms with Crippen LogP contribution in [0.5, 0.6) is 0 Å². The lowest BCUT2D eigenvalue weighted by molar-refractivity contribution is -0.0529. The highest BCUT2D eigenvalue weighted by Gasteiger charge is 2.42. The van der Waals surface area contributed by atoms with Crippen LogP contribution in [0.25, 0.3) is 11.2 Å². The van der Waals surface area contributed by atoms with E-state index < -0.39 is 8.32 Å². The first kappa shape index (κ1) is 24.3. The molecule has 1 unspecified atom stereocenters. The summed E-state index contributed by atoms with van der Waals surface area (Å²) in [6, 6.07) is 0. The summed E-state index contributed by atoms with van der Waals surface area (Å²) in [7, 11) is 1.87. The van der Waals surface area contributed by atoms with Gasteiger partial charge in [-0.25, -0.2) is 19.9 Å². The topological polar surface area (TPSA) is 86.9 Å². The third-order valence-corrected chi connectivity index (χ3v) is 10.5. The van der Waals surface area contributed by atoms with Crippen molar-refractivity contribution in [3.8, 4) is 12.3 Å². The number of hydrogen-bond donors (Lipinski definition) is 0. The van der Waals surface area contributed by atoms with Gasteiger partial charge in [0.1, 0.15) is 25.3 Å². The summed E-state index contributed by atoms with van der Waals surface area (Å²) in [4.78, 5) is 19.4. The largest absolute Gasteiger partial charge is 0.414 e. The van der Waals surface area contributed by atoms with Crippen LogP contribution < -0.4 is 0 Å². The van der Waals surface area contributed by atoms with Crippen LogP contribution in [-0.4, -0.2) is 78.6 Å². The van der Waals surface area contributed by atoms with Crippen molar-refractivity contribution in [2.75, 3.05) is 27.3 Å². The van der Waals surface area contributed by atoms with Crippen LogP contribution >= 0.6 is 0 Å². The molecule has 0 amide bonds. The third kappa shape index (κ3) is 5.35. The van der Waals surface area contributed by atoms with Crippen LogP contribution in [0, 0.1) is 12.3 Å². The van der Waals surface area contributed by atoms with E-state index in [2.05, 4.69) is 59.7 Å². The predicted octanol–water partition coefficient (Wildman–Crippen LogP) is 3.38. The molecule has 32 heavy (non-hydrogen) atoms. The van der Waals surface area contributed by atoms with E-state index in [0.717, 1.165) is 0 Å². The van der Waals surface area contributed by atoms with Crippen LogP contribution in [-0.2, 0) is 13.9 Å². The Bertz CT molecular complexity index is 992. The average Bonchev–Trinajstić information content (AvgIpc) is 3.32. The Kier molecular flexibility index (Phi) is 7.35. The second-order valence-corrected chi connectivity index (χ2v) is 14.5. The summed E-state index contributed by atoms with van der Waals surface area (Å²) < 4.78 is 20.6. The Morgan fingerprint density at radius 3 is 2.75 bits per heavy atom. The number of terminal acetylenes is 1. The highest BCUT2D eigenvalue weighted by atomic mass is 28.4. The van der Waals surface area contributed by atoms with Crippen LogP contribution in [0.1, 0.15) is 33.4 Å². The van der Waals surface area contributed by atoms with Crippen LogP contribution in [0.2, 0.25) is 18.1 Å². The van der Waals surface area contributed by atoms with Gasteiger partial charge in [0.2, 0.25) is 0 Å². The maximum absolute atomic E-state index is 6.42. The molecule has 0 N–H and O–H groups in total. The van der Waals surface area contributed by atoms with Crippen molar-refractivity contribution in [2.45, 2.75) is 63.8 Å². The van der Waals surface area contributed by atoms with Gasteiger partial charge in [0.25, 0.3) is 0 Å². The zero-order chi connectivity index (χ0) is 23.5. The fourth-order valence-electron chi connectivity index (χ4n) is 3.17. The zero-order valence-electron chi connectivity index (χ0n) is 20.1. The molecule has 2 aromatic rings. The van der Waals surface area contributed by atoms with Gasteiger partial charge in [-0.3, -0.25) is 4.57 Å². The molecule has 9 nitrogen and oxygen atoms in total. The number of nitrogens with zero attached hydrogens (tertiary/aromatic N) is 6. The number of rotatable bonds is 8. The van der Waals surface area contributed by atoms with E-state index in [-0.39, 0.29) is 30.1 Å². The maximum Gasteiger partial charge on any atom is 0.192 e. The Hall–Kier alpha value is -2.32. The molecular weight excluding hydrogens is 424 g/mol. The normalized spacial score (nSPS) is 22.0. The monoisotopic (exact) mass is 458 g/mol. The average molecular weight is 459 g/mol. The van der Waals surface area contributed by atoms with Crippen LogP contribution in [0.15, 0.2) is 17.6 Å². The van der Waals surface area contributed by atoms with E-state index in [0.29, 0.717) is 30.0 Å². The summed E-state index contributed by atoms with van der Waals surface area (Å²) in [5, 5.41) is 0.112. The van der Waals surface area contributed by atoms with Crippen molar-refractivity contribution >= 4 is 31.6 Å². The number of fused-ring (bicyclic) bond motifs is 1. The minimum atomic E-state index is -1.93. The molecule has 1 saturated heterocycles. The number of aliphatic imine (C=N–C) groups is 1. The van der Waals surface area contributed by atoms with Gasteiger partial charge in [0, 0.05) is 20.5 Å². The second kappa shape index (κ2) is 9.66. The Labute approximate surface area is 191 Å². The van der Waals surface area contributed by atoms with Crippen molar-refractivity contribution in [1.29, 1.82) is 0 Å². The first-order valence-corrected chi connectivity index (χ1v) is 13.7. The molecule has 1 aliphatic rings. The van der Waals surface area contributed by atoms with Crippen LogP contribution in [0.3, 0.4) is 0 Å². The molecular formula is C22H34N6O3Si. The third-order valence-electron chi connectivity index (χ3n) is 6.04. The Morgan fingerprint density at radius 2 is 2.09 bits per heavy atom. The molecule has 3 rings (SSSR count). The van der Waals surface area contributed by atoms with Gasteiger partial charge in [-0.15, -0.1) is 6.42 Å². The van der Waals surface area contributed by atoms with Crippen LogP contribution in [0.4, 0.5) is 5.82 Å². The van der Waals surface area contributed by atoms with Crippen molar-refractivity contribution in [1.82, 2.24) is 24.4 Å². The summed E-state index contributed by atoms with van der Waals surface area (Å²) >= 11 is 0. The van der Waals surface area contributed by atoms with Crippen molar-refractivity contribution in [3.63, 3.8) is 0 Å². The molecule has 3 atom stereocenters. The standard InChI is InChI=1S/C22H34N6O3Si/c1-9-10-29-16-11-18(31-17(16)12-30-32(7,8)22(2,3)4)28-15-25-19-20(26-14-27(5)6)23-13-24-21(19)28/h1,13-18H,10-12H2,2-8H3/t16?,17-,18-/m1/s1. The molecule has 0 bridgehead atoms. The molecule has 0 saturated carbocycles. The smallest absolute Gasteiger partial charge is 0.192 e. The molecule has 1 aliphatic heterocycles. The summed E-state index contributed by atoms with van der Waals surface area (Å²) in [5.41, 5.74) is 1.29. The first-order chi connectivity index (χ1) is 15.0. The lowest BCUT2D eigenvalue weighted by Gasteiger charge is -2.37. The maximum atomic E-state index is 6.42. The molecule has 0 aliphatic carbocycles. The molecule has 2 aromatic heterocycles. The highest BCUT2D eigenvalue weighted by molar-refractivity contribution is 6.74. The van der Waals surface area contributed by atoms with Gasteiger partial charge < -0.3 is 18.8 Å². The summed E-state index contributed by atoms with van der Waals surface area (Å²) in [6.07, 6.45) is 10.2. The lowest BCUT2D eigenvalue weighted by atomic mass is 10.2. The van der Waals surface area contributed by atoms with E-state index in [1.54, 1.807) is 12.7 Å². The molecule has 0 aromatic carbocycles. The van der Waals surface area contributed by atoms with E-state index in [1.165, 1.54) is 6.33 Å². The Morgan fingerprint density at radius 1 is 1.34 bits per heavy atom. The van der Waals surface area contributed by atoms with Crippen molar-refractivity contribution in [3.05, 3.63) is 12.7 Å². The summed E-state index contributed by atoms with van der Waals surface area (Å²) in [6.45, 7) is 11.8. The minimum Gasteiger partial charge on any atom is -0.414 e. The van der Waals surface area contributed by atoms with Crippen molar-refractivity contribution < 1.29 is 13.9 Å². The molecule has 174 valence electrons. The Balaban J connectivity index is 1.82. The van der Waals surface area contributed by atoms with Gasteiger partial charge in [-0.05, 0) is 18.1 Å². The summed E-state index contributed by atoms with van der Waals surface area (Å²) in [5.74, 6) is 3.06.